The number of carbonyl (C=O) groups excluding carboxylic acids is 1. The van der Waals surface area contributed by atoms with Gasteiger partial charge >= 0.3 is 5.97 Å². The van der Waals surface area contributed by atoms with Crippen LogP contribution in [0.1, 0.15) is 12.5 Å². The van der Waals surface area contributed by atoms with Crippen molar-refractivity contribution >= 4 is 5.97 Å². The van der Waals surface area contributed by atoms with Gasteiger partial charge in [-0.3, -0.25) is 0 Å². The number of phenols is 1. The first-order valence-electron chi connectivity index (χ1n) is 5.29. The molecule has 0 saturated heterocycles. The van der Waals surface area contributed by atoms with Gasteiger partial charge in [0, 0.05) is 6.42 Å². The zero-order valence-corrected chi connectivity index (χ0v) is 9.84. The van der Waals surface area contributed by atoms with E-state index < -0.39 is 12.1 Å². The van der Waals surface area contributed by atoms with Crippen LogP contribution in [0.4, 0.5) is 0 Å². The van der Waals surface area contributed by atoms with E-state index in [1.165, 1.54) is 13.2 Å². The third kappa shape index (κ3) is 3.64. The van der Waals surface area contributed by atoms with Crippen LogP contribution in [0.5, 0.6) is 11.5 Å². The number of hydrogen-bond donors (Lipinski definition) is 2. The fraction of sp³-hybridized carbons (Fsp3) is 0.417. The highest BCUT2D eigenvalue weighted by atomic mass is 16.5. The monoisotopic (exact) mass is 240 g/mol. The highest BCUT2D eigenvalue weighted by molar-refractivity contribution is 5.74. The maximum absolute atomic E-state index is 11.0. The molecule has 1 atom stereocenters. The van der Waals surface area contributed by atoms with E-state index in [4.69, 9.17) is 4.74 Å². The highest BCUT2D eigenvalue weighted by Crippen LogP contribution is 2.27. The van der Waals surface area contributed by atoms with E-state index in [-0.39, 0.29) is 12.2 Å². The van der Waals surface area contributed by atoms with E-state index in [9.17, 15) is 15.0 Å². The lowest BCUT2D eigenvalue weighted by atomic mass is 10.1. The molecule has 0 bridgehead atoms. The van der Waals surface area contributed by atoms with Crippen LogP contribution < -0.4 is 4.74 Å². The molecule has 1 aromatic carbocycles. The summed E-state index contributed by atoms with van der Waals surface area (Å²) in [6.07, 6.45) is -1.09. The molecule has 0 fully saturated rings. The van der Waals surface area contributed by atoms with E-state index in [1.807, 2.05) is 0 Å². The molecule has 2 N–H and O–H groups in total. The van der Waals surface area contributed by atoms with Gasteiger partial charge in [0.15, 0.2) is 17.6 Å². The average Bonchev–Trinajstić information content (AvgIpc) is 2.32. The van der Waals surface area contributed by atoms with Crippen molar-refractivity contribution in [2.75, 3.05) is 13.7 Å². The molecule has 0 saturated carbocycles. The zero-order chi connectivity index (χ0) is 12.8. The van der Waals surface area contributed by atoms with Crippen LogP contribution in [0.2, 0.25) is 0 Å². The molecule has 0 aliphatic carbocycles. The molecule has 0 aliphatic heterocycles. The number of carbonyl (C=O) groups is 1. The third-order valence-electron chi connectivity index (χ3n) is 2.23. The number of aliphatic hydroxyl groups is 1. The average molecular weight is 240 g/mol. The minimum Gasteiger partial charge on any atom is -0.504 e. The number of ether oxygens (including phenoxy) is 2. The molecular formula is C12H16O5. The van der Waals surface area contributed by atoms with Crippen LogP contribution in [0, 0.1) is 0 Å². The van der Waals surface area contributed by atoms with E-state index >= 15 is 0 Å². The van der Waals surface area contributed by atoms with Gasteiger partial charge in [-0.2, -0.15) is 0 Å². The molecule has 17 heavy (non-hydrogen) atoms. The molecule has 0 spiro atoms. The second kappa shape index (κ2) is 6.10. The summed E-state index contributed by atoms with van der Waals surface area (Å²) in [5.74, 6) is -0.318. The van der Waals surface area contributed by atoms with Crippen molar-refractivity contribution in [3.8, 4) is 11.5 Å². The number of phenolic OH excluding ortho intramolecular Hbond substituents is 1. The minimum atomic E-state index is -1.21. The van der Waals surface area contributed by atoms with Crippen molar-refractivity contribution < 1.29 is 24.5 Å². The summed E-state index contributed by atoms with van der Waals surface area (Å²) >= 11 is 0. The number of aromatic hydroxyl groups is 1. The van der Waals surface area contributed by atoms with Gasteiger partial charge in [-0.1, -0.05) is 6.07 Å². The second-order valence-electron chi connectivity index (χ2n) is 3.48. The molecule has 1 unspecified atom stereocenters. The fourth-order valence-electron chi connectivity index (χ4n) is 1.40. The summed E-state index contributed by atoms with van der Waals surface area (Å²) < 4.78 is 9.61. The maximum atomic E-state index is 11.0. The van der Waals surface area contributed by atoms with Crippen LogP contribution >= 0.6 is 0 Å². The number of methoxy groups -OCH3 is 1. The lowest BCUT2D eigenvalue weighted by Crippen LogP contribution is -2.24. The van der Waals surface area contributed by atoms with E-state index in [2.05, 4.69) is 4.74 Å². The summed E-state index contributed by atoms with van der Waals surface area (Å²) in [4.78, 5) is 11.0. The number of aliphatic hydroxyl groups excluding tert-OH is 1. The zero-order valence-electron chi connectivity index (χ0n) is 9.84. The lowest BCUT2D eigenvalue weighted by molar-refractivity contribution is -0.150. The van der Waals surface area contributed by atoms with Crippen molar-refractivity contribution in [2.24, 2.45) is 0 Å². The SMILES string of the molecule is CCOc1cc(CC(O)C(=O)OC)ccc1O. The van der Waals surface area contributed by atoms with Gasteiger partial charge in [0.25, 0.3) is 0 Å². The van der Waals surface area contributed by atoms with Crippen molar-refractivity contribution in [1.29, 1.82) is 0 Å². The van der Waals surface area contributed by atoms with Crippen LogP contribution in [0.25, 0.3) is 0 Å². The first-order chi connectivity index (χ1) is 8.08. The molecule has 1 aromatic rings. The largest absolute Gasteiger partial charge is 0.504 e. The smallest absolute Gasteiger partial charge is 0.335 e. The standard InChI is InChI=1S/C12H16O5/c1-3-17-11-7-8(4-5-9(11)13)6-10(14)12(15)16-2/h4-5,7,10,13-14H,3,6H2,1-2H3. The van der Waals surface area contributed by atoms with Gasteiger partial charge in [-0.25, -0.2) is 4.79 Å². The Bertz CT molecular complexity index is 388. The van der Waals surface area contributed by atoms with Crippen LogP contribution in [-0.2, 0) is 16.0 Å². The number of hydrogen-bond acceptors (Lipinski definition) is 5. The van der Waals surface area contributed by atoms with Crippen LogP contribution in [0.15, 0.2) is 18.2 Å². The molecule has 5 heteroatoms. The fourth-order valence-corrected chi connectivity index (χ4v) is 1.40. The number of benzene rings is 1. The Morgan fingerprint density at radius 2 is 2.18 bits per heavy atom. The summed E-state index contributed by atoms with van der Waals surface area (Å²) in [5, 5.41) is 19.0. The Labute approximate surface area is 99.6 Å². The Morgan fingerprint density at radius 1 is 1.47 bits per heavy atom. The molecule has 0 amide bonds. The Balaban J connectivity index is 2.78. The normalized spacial score (nSPS) is 11.9. The molecule has 94 valence electrons. The van der Waals surface area contributed by atoms with E-state index in [0.29, 0.717) is 17.9 Å². The first-order valence-corrected chi connectivity index (χ1v) is 5.29. The molecule has 1 rings (SSSR count). The van der Waals surface area contributed by atoms with Crippen molar-refractivity contribution in [1.82, 2.24) is 0 Å². The summed E-state index contributed by atoms with van der Waals surface area (Å²) in [6, 6.07) is 4.67. The third-order valence-corrected chi connectivity index (χ3v) is 2.23. The van der Waals surface area contributed by atoms with Gasteiger partial charge in [0.1, 0.15) is 0 Å². The van der Waals surface area contributed by atoms with E-state index in [0.717, 1.165) is 0 Å². The Morgan fingerprint density at radius 3 is 2.76 bits per heavy atom. The number of rotatable bonds is 5. The van der Waals surface area contributed by atoms with Crippen LogP contribution in [0.3, 0.4) is 0 Å². The first kappa shape index (κ1) is 13.3. The van der Waals surface area contributed by atoms with Crippen molar-refractivity contribution in [3.05, 3.63) is 23.8 Å². The molecule has 0 aliphatic rings. The molecule has 0 aromatic heterocycles. The maximum Gasteiger partial charge on any atom is 0.335 e. The van der Waals surface area contributed by atoms with Gasteiger partial charge in [0.2, 0.25) is 0 Å². The lowest BCUT2D eigenvalue weighted by Gasteiger charge is -2.11. The molecular weight excluding hydrogens is 224 g/mol. The van der Waals surface area contributed by atoms with Gasteiger partial charge in [-0.05, 0) is 24.6 Å². The molecule has 0 radical (unpaired) electrons. The van der Waals surface area contributed by atoms with Crippen molar-refractivity contribution in [3.63, 3.8) is 0 Å². The van der Waals surface area contributed by atoms with Gasteiger partial charge in [-0.15, -0.1) is 0 Å². The summed E-state index contributed by atoms with van der Waals surface area (Å²) in [7, 11) is 1.22. The minimum absolute atomic E-state index is 0.0307. The summed E-state index contributed by atoms with van der Waals surface area (Å²) in [5.41, 5.74) is 0.684. The second-order valence-corrected chi connectivity index (χ2v) is 3.48. The predicted octanol–water partition coefficient (Wildman–Crippen LogP) is 0.867. The molecule has 0 heterocycles. The van der Waals surface area contributed by atoms with Crippen LogP contribution in [-0.4, -0.2) is 36.0 Å². The Kier molecular flexibility index (Phi) is 4.78. The predicted molar refractivity (Wildman–Crippen MR) is 61.0 cm³/mol. The molecule has 5 nitrogen and oxygen atoms in total. The summed E-state index contributed by atoms with van der Waals surface area (Å²) in [6.45, 7) is 2.23. The quantitative estimate of drug-likeness (QED) is 0.747. The van der Waals surface area contributed by atoms with Crippen molar-refractivity contribution in [2.45, 2.75) is 19.4 Å². The van der Waals surface area contributed by atoms with Gasteiger partial charge in [0.05, 0.1) is 13.7 Å². The van der Waals surface area contributed by atoms with E-state index in [1.54, 1.807) is 19.1 Å². The Hall–Kier alpha value is -1.75. The number of esters is 1. The topological polar surface area (TPSA) is 76.0 Å². The highest BCUT2D eigenvalue weighted by Gasteiger charge is 2.16. The van der Waals surface area contributed by atoms with Gasteiger partial charge < -0.3 is 19.7 Å².